The lowest BCUT2D eigenvalue weighted by Gasteiger charge is -2.35. The molecule has 0 saturated carbocycles. The van der Waals surface area contributed by atoms with Crippen molar-refractivity contribution in [2.45, 2.75) is 12.2 Å². The van der Waals surface area contributed by atoms with E-state index in [0.29, 0.717) is 10.9 Å². The Balaban J connectivity index is 1.48. The molecule has 1 atom stereocenters. The predicted molar refractivity (Wildman–Crippen MR) is 98.6 cm³/mol. The standard InChI is InChI=1S/C18H20N4OS/c1-13-12-20-18(24-13)22-10-8-21(9-11-22)17(23)16-15-5-3-2-4-14(15)6-7-19-16/h2-7,13H,8-12H2,1H3/t13-/m1/s1. The van der Waals surface area contributed by atoms with Crippen LogP contribution in [0.1, 0.15) is 17.4 Å². The number of benzene rings is 1. The molecular weight excluding hydrogens is 320 g/mol. The van der Waals surface area contributed by atoms with Gasteiger partial charge in [0.2, 0.25) is 0 Å². The van der Waals surface area contributed by atoms with Crippen LogP contribution < -0.4 is 0 Å². The van der Waals surface area contributed by atoms with E-state index in [4.69, 9.17) is 0 Å². The van der Waals surface area contributed by atoms with Gasteiger partial charge in [-0.05, 0) is 11.5 Å². The summed E-state index contributed by atoms with van der Waals surface area (Å²) >= 11 is 1.84. The summed E-state index contributed by atoms with van der Waals surface area (Å²) in [4.78, 5) is 26.1. The number of rotatable bonds is 1. The highest BCUT2D eigenvalue weighted by atomic mass is 32.2. The second kappa shape index (κ2) is 6.43. The van der Waals surface area contributed by atoms with Gasteiger partial charge in [0.1, 0.15) is 5.69 Å². The average molecular weight is 340 g/mol. The van der Waals surface area contributed by atoms with Crippen molar-refractivity contribution in [3.63, 3.8) is 0 Å². The number of amides is 1. The van der Waals surface area contributed by atoms with Crippen LogP contribution in [0.2, 0.25) is 0 Å². The fraction of sp³-hybridized carbons (Fsp3) is 0.389. The van der Waals surface area contributed by atoms with Gasteiger partial charge in [0.05, 0.1) is 6.54 Å². The fourth-order valence-electron chi connectivity index (χ4n) is 3.18. The van der Waals surface area contributed by atoms with E-state index in [9.17, 15) is 4.79 Å². The molecule has 24 heavy (non-hydrogen) atoms. The second-order valence-electron chi connectivity index (χ2n) is 6.21. The molecule has 0 N–H and O–H groups in total. The van der Waals surface area contributed by atoms with E-state index < -0.39 is 0 Å². The normalized spacial score (nSPS) is 21.2. The predicted octanol–water partition coefficient (Wildman–Crippen LogP) is 2.48. The molecule has 3 heterocycles. The molecule has 0 radical (unpaired) electrons. The zero-order valence-electron chi connectivity index (χ0n) is 13.7. The van der Waals surface area contributed by atoms with Crippen LogP contribution in [-0.2, 0) is 0 Å². The van der Waals surface area contributed by atoms with Crippen LogP contribution in [0.25, 0.3) is 10.8 Å². The maximum Gasteiger partial charge on any atom is 0.273 e. The number of pyridine rings is 1. The molecule has 1 amide bonds. The molecule has 0 aliphatic carbocycles. The van der Waals surface area contributed by atoms with Crippen LogP contribution in [0, 0.1) is 0 Å². The van der Waals surface area contributed by atoms with Crippen molar-refractivity contribution in [2.75, 3.05) is 32.7 Å². The zero-order chi connectivity index (χ0) is 16.5. The topological polar surface area (TPSA) is 48.8 Å². The summed E-state index contributed by atoms with van der Waals surface area (Å²) in [5.41, 5.74) is 0.558. The van der Waals surface area contributed by atoms with Gasteiger partial charge in [-0.1, -0.05) is 43.0 Å². The number of aliphatic imine (C=N–C) groups is 1. The van der Waals surface area contributed by atoms with Crippen molar-refractivity contribution < 1.29 is 4.79 Å². The van der Waals surface area contributed by atoms with Gasteiger partial charge in [-0.3, -0.25) is 14.8 Å². The first-order valence-electron chi connectivity index (χ1n) is 8.31. The van der Waals surface area contributed by atoms with Gasteiger partial charge >= 0.3 is 0 Å². The highest BCUT2D eigenvalue weighted by molar-refractivity contribution is 8.14. The quantitative estimate of drug-likeness (QED) is 0.800. The first-order chi connectivity index (χ1) is 11.7. The third-order valence-corrected chi connectivity index (χ3v) is 5.65. The minimum atomic E-state index is 0.0285. The maximum atomic E-state index is 12.9. The Labute approximate surface area is 145 Å². The van der Waals surface area contributed by atoms with E-state index in [1.807, 2.05) is 47.0 Å². The molecule has 1 aromatic carbocycles. The molecule has 0 bridgehead atoms. The van der Waals surface area contributed by atoms with Gasteiger partial charge in [0, 0.05) is 43.0 Å². The molecular formula is C18H20N4OS. The van der Waals surface area contributed by atoms with Crippen molar-refractivity contribution in [1.82, 2.24) is 14.8 Å². The van der Waals surface area contributed by atoms with Gasteiger partial charge < -0.3 is 9.80 Å². The van der Waals surface area contributed by atoms with E-state index in [0.717, 1.165) is 48.7 Å². The number of hydrogen-bond donors (Lipinski definition) is 0. The molecule has 124 valence electrons. The molecule has 0 spiro atoms. The van der Waals surface area contributed by atoms with E-state index >= 15 is 0 Å². The van der Waals surface area contributed by atoms with Crippen LogP contribution >= 0.6 is 11.8 Å². The highest BCUT2D eigenvalue weighted by Gasteiger charge is 2.28. The molecule has 0 unspecified atom stereocenters. The van der Waals surface area contributed by atoms with Crippen LogP contribution in [0.15, 0.2) is 41.5 Å². The number of aromatic nitrogens is 1. The van der Waals surface area contributed by atoms with Crippen molar-refractivity contribution in [2.24, 2.45) is 4.99 Å². The van der Waals surface area contributed by atoms with Gasteiger partial charge in [0.15, 0.2) is 5.17 Å². The number of carbonyl (C=O) groups excluding carboxylic acids is 1. The summed E-state index contributed by atoms with van der Waals surface area (Å²) in [7, 11) is 0. The number of nitrogens with zero attached hydrogens (tertiary/aromatic N) is 4. The molecule has 1 saturated heterocycles. The number of amidine groups is 1. The summed E-state index contributed by atoms with van der Waals surface area (Å²) < 4.78 is 0. The van der Waals surface area contributed by atoms with Crippen molar-refractivity contribution in [1.29, 1.82) is 0 Å². The van der Waals surface area contributed by atoms with Crippen molar-refractivity contribution in [3.8, 4) is 0 Å². The van der Waals surface area contributed by atoms with E-state index in [1.54, 1.807) is 6.20 Å². The summed E-state index contributed by atoms with van der Waals surface area (Å²) in [5.74, 6) is 0.0285. The smallest absolute Gasteiger partial charge is 0.273 e. The first kappa shape index (κ1) is 15.4. The number of carbonyl (C=O) groups is 1. The van der Waals surface area contributed by atoms with Gasteiger partial charge in [-0.25, -0.2) is 0 Å². The van der Waals surface area contributed by atoms with Crippen LogP contribution in [-0.4, -0.2) is 63.8 Å². The summed E-state index contributed by atoms with van der Waals surface area (Å²) in [6.07, 6.45) is 1.72. The van der Waals surface area contributed by atoms with Crippen molar-refractivity contribution >= 4 is 33.6 Å². The molecule has 2 aliphatic rings. The Bertz CT molecular complexity index is 793. The number of fused-ring (bicyclic) bond motifs is 1. The van der Waals surface area contributed by atoms with Gasteiger partial charge in [0.25, 0.3) is 5.91 Å². The third-order valence-electron chi connectivity index (χ3n) is 4.50. The van der Waals surface area contributed by atoms with Gasteiger partial charge in [-0.15, -0.1) is 0 Å². The van der Waals surface area contributed by atoms with E-state index in [-0.39, 0.29) is 5.91 Å². The fourth-order valence-corrected chi connectivity index (χ4v) is 4.17. The van der Waals surface area contributed by atoms with Crippen LogP contribution in [0.4, 0.5) is 0 Å². The first-order valence-corrected chi connectivity index (χ1v) is 9.19. The molecule has 1 fully saturated rings. The van der Waals surface area contributed by atoms with E-state index in [1.165, 1.54) is 0 Å². The second-order valence-corrected chi connectivity index (χ2v) is 7.62. The van der Waals surface area contributed by atoms with Gasteiger partial charge in [-0.2, -0.15) is 0 Å². The Morgan fingerprint density at radius 3 is 2.71 bits per heavy atom. The number of thioether (sulfide) groups is 1. The van der Waals surface area contributed by atoms with Crippen LogP contribution in [0.5, 0.6) is 0 Å². The lowest BCUT2D eigenvalue weighted by molar-refractivity contribution is 0.0690. The monoisotopic (exact) mass is 340 g/mol. The average Bonchev–Trinajstić information content (AvgIpc) is 3.07. The number of piperazine rings is 1. The Hall–Kier alpha value is -2.08. The maximum absolute atomic E-state index is 12.9. The molecule has 6 heteroatoms. The molecule has 4 rings (SSSR count). The zero-order valence-corrected chi connectivity index (χ0v) is 14.5. The van der Waals surface area contributed by atoms with E-state index in [2.05, 4.69) is 21.8 Å². The minimum Gasteiger partial charge on any atom is -0.348 e. The molecule has 5 nitrogen and oxygen atoms in total. The molecule has 2 aromatic rings. The summed E-state index contributed by atoms with van der Waals surface area (Å²) in [6.45, 7) is 6.23. The minimum absolute atomic E-state index is 0.0285. The lowest BCUT2D eigenvalue weighted by Crippen LogP contribution is -2.50. The van der Waals surface area contributed by atoms with Crippen LogP contribution in [0.3, 0.4) is 0 Å². The van der Waals surface area contributed by atoms with Crippen molar-refractivity contribution in [3.05, 3.63) is 42.2 Å². The Morgan fingerprint density at radius 2 is 1.96 bits per heavy atom. The summed E-state index contributed by atoms with van der Waals surface area (Å²) in [6, 6.07) is 9.87. The molecule has 1 aromatic heterocycles. The Morgan fingerprint density at radius 1 is 1.17 bits per heavy atom. The highest BCUT2D eigenvalue weighted by Crippen LogP contribution is 2.24. The Kier molecular flexibility index (Phi) is 4.14. The third kappa shape index (κ3) is 2.86. The lowest BCUT2D eigenvalue weighted by atomic mass is 10.1. The molecule has 2 aliphatic heterocycles. The number of hydrogen-bond acceptors (Lipinski definition) is 5. The summed E-state index contributed by atoms with van der Waals surface area (Å²) in [5, 5.41) is 3.69. The largest absolute Gasteiger partial charge is 0.348 e. The SMILES string of the molecule is C[C@@H]1CN=C(N2CCN(C(=O)c3nccc4ccccc34)CC2)S1.